The van der Waals surface area contributed by atoms with Crippen molar-refractivity contribution in [2.45, 2.75) is 18.5 Å². The number of thioether (sulfide) groups is 1. The van der Waals surface area contributed by atoms with Gasteiger partial charge in [-0.05, 0) is 49.6 Å². The van der Waals surface area contributed by atoms with E-state index in [2.05, 4.69) is 26.9 Å². The van der Waals surface area contributed by atoms with E-state index < -0.39 is 0 Å². The van der Waals surface area contributed by atoms with E-state index in [0.717, 1.165) is 58.8 Å². The van der Waals surface area contributed by atoms with Crippen LogP contribution in [0.1, 0.15) is 22.5 Å². The van der Waals surface area contributed by atoms with Crippen molar-refractivity contribution in [3.05, 3.63) is 84.3 Å². The lowest BCUT2D eigenvalue weighted by atomic mass is 10.1. The molecule has 0 radical (unpaired) electrons. The third-order valence-corrected chi connectivity index (χ3v) is 6.95. The van der Waals surface area contributed by atoms with E-state index in [1.807, 2.05) is 66.4 Å². The van der Waals surface area contributed by atoms with Gasteiger partial charge in [-0.3, -0.25) is 9.36 Å². The highest BCUT2D eigenvalue weighted by molar-refractivity contribution is 7.99. The van der Waals surface area contributed by atoms with Crippen LogP contribution in [0, 0.1) is 12.8 Å². The van der Waals surface area contributed by atoms with Crippen LogP contribution in [0.2, 0.25) is 0 Å². The van der Waals surface area contributed by atoms with Gasteiger partial charge in [0.1, 0.15) is 5.76 Å². The Balaban J connectivity index is 1.33. The number of benzene rings is 2. The predicted octanol–water partition coefficient (Wildman–Crippen LogP) is 5.09. The molecule has 0 saturated carbocycles. The Morgan fingerprint density at radius 2 is 1.81 bits per heavy atom. The topological polar surface area (TPSA) is 64.2 Å². The summed E-state index contributed by atoms with van der Waals surface area (Å²) < 4.78 is 7.59. The van der Waals surface area contributed by atoms with Gasteiger partial charge < -0.3 is 9.32 Å². The maximum atomic E-state index is 12.8. The molecule has 1 aliphatic heterocycles. The highest BCUT2D eigenvalue weighted by atomic mass is 32.2. The molecule has 5 rings (SSSR count). The molecule has 1 amide bonds. The van der Waals surface area contributed by atoms with Gasteiger partial charge in [-0.1, -0.05) is 48.2 Å². The van der Waals surface area contributed by atoms with Gasteiger partial charge in [0.15, 0.2) is 11.0 Å². The molecule has 0 spiro atoms. The van der Waals surface area contributed by atoms with Crippen molar-refractivity contribution in [3.8, 4) is 17.1 Å². The largest absolute Gasteiger partial charge is 0.469 e. The van der Waals surface area contributed by atoms with Crippen molar-refractivity contribution in [2.75, 3.05) is 18.8 Å². The van der Waals surface area contributed by atoms with Gasteiger partial charge in [-0.25, -0.2) is 0 Å². The van der Waals surface area contributed by atoms with Crippen molar-refractivity contribution in [1.29, 1.82) is 0 Å². The number of amides is 1. The maximum absolute atomic E-state index is 12.8. The average Bonchev–Trinajstić information content (AvgIpc) is 3.58. The Kier molecular flexibility index (Phi) is 5.81. The van der Waals surface area contributed by atoms with E-state index in [1.165, 1.54) is 0 Å². The van der Waals surface area contributed by atoms with Crippen LogP contribution in [0.5, 0.6) is 0 Å². The van der Waals surface area contributed by atoms with E-state index in [9.17, 15) is 4.79 Å². The first kappa shape index (κ1) is 20.6. The van der Waals surface area contributed by atoms with Crippen LogP contribution >= 0.6 is 11.8 Å². The molecule has 3 heterocycles. The minimum Gasteiger partial charge on any atom is -0.469 e. The van der Waals surface area contributed by atoms with Gasteiger partial charge in [0.2, 0.25) is 0 Å². The van der Waals surface area contributed by atoms with Crippen LogP contribution in [0.4, 0.5) is 0 Å². The Bertz CT molecular complexity index is 1200. The number of para-hydroxylation sites is 1. The molecule has 1 aliphatic rings. The first-order valence-corrected chi connectivity index (χ1v) is 11.7. The smallest absolute Gasteiger partial charge is 0.253 e. The van der Waals surface area contributed by atoms with Crippen LogP contribution in [0.25, 0.3) is 17.1 Å². The van der Waals surface area contributed by atoms with Crippen LogP contribution in [0.3, 0.4) is 0 Å². The SMILES string of the molecule is Cc1occc1-c1nnc(SC[C@@H]2CCN(C(=O)c3ccccc3)C2)n1-c1ccccc1. The second-order valence-corrected chi connectivity index (χ2v) is 8.94. The summed E-state index contributed by atoms with van der Waals surface area (Å²) in [5, 5.41) is 9.84. The first-order chi connectivity index (χ1) is 15.7. The van der Waals surface area contributed by atoms with Gasteiger partial charge in [0.25, 0.3) is 5.91 Å². The second kappa shape index (κ2) is 9.04. The van der Waals surface area contributed by atoms with Gasteiger partial charge >= 0.3 is 0 Å². The third kappa shape index (κ3) is 4.08. The van der Waals surface area contributed by atoms with Gasteiger partial charge in [0, 0.05) is 30.1 Å². The summed E-state index contributed by atoms with van der Waals surface area (Å²) in [4.78, 5) is 14.7. The fourth-order valence-electron chi connectivity index (χ4n) is 4.07. The number of carbonyl (C=O) groups is 1. The third-order valence-electron chi connectivity index (χ3n) is 5.79. The fourth-order valence-corrected chi connectivity index (χ4v) is 5.15. The molecule has 1 atom stereocenters. The van der Waals surface area contributed by atoms with E-state index in [1.54, 1.807) is 18.0 Å². The summed E-state index contributed by atoms with van der Waals surface area (Å²) >= 11 is 1.69. The maximum Gasteiger partial charge on any atom is 0.253 e. The normalized spacial score (nSPS) is 15.9. The van der Waals surface area contributed by atoms with Crippen molar-refractivity contribution >= 4 is 17.7 Å². The molecule has 2 aromatic carbocycles. The average molecular weight is 445 g/mol. The zero-order chi connectivity index (χ0) is 21.9. The molecule has 6 nitrogen and oxygen atoms in total. The number of likely N-dealkylation sites (tertiary alicyclic amines) is 1. The monoisotopic (exact) mass is 444 g/mol. The molecule has 1 saturated heterocycles. The molecule has 7 heteroatoms. The molecule has 1 fully saturated rings. The highest BCUT2D eigenvalue weighted by Gasteiger charge is 2.28. The molecule has 0 unspecified atom stereocenters. The highest BCUT2D eigenvalue weighted by Crippen LogP contribution is 2.32. The number of furan rings is 1. The molecule has 0 N–H and O–H groups in total. The minimum absolute atomic E-state index is 0.114. The lowest BCUT2D eigenvalue weighted by Crippen LogP contribution is -2.28. The number of aromatic nitrogens is 3. The Hall–Kier alpha value is -3.32. The zero-order valence-corrected chi connectivity index (χ0v) is 18.7. The van der Waals surface area contributed by atoms with Gasteiger partial charge in [-0.2, -0.15) is 0 Å². The van der Waals surface area contributed by atoms with Gasteiger partial charge in [0.05, 0.1) is 11.8 Å². The lowest BCUT2D eigenvalue weighted by molar-refractivity contribution is 0.0788. The summed E-state index contributed by atoms with van der Waals surface area (Å²) in [5.41, 5.74) is 2.71. The quantitative estimate of drug-likeness (QED) is 0.388. The van der Waals surface area contributed by atoms with Crippen molar-refractivity contribution in [1.82, 2.24) is 19.7 Å². The van der Waals surface area contributed by atoms with Crippen molar-refractivity contribution < 1.29 is 9.21 Å². The van der Waals surface area contributed by atoms with E-state index in [-0.39, 0.29) is 5.91 Å². The fraction of sp³-hybridized carbons (Fsp3) is 0.240. The van der Waals surface area contributed by atoms with Crippen LogP contribution in [-0.4, -0.2) is 44.4 Å². The lowest BCUT2D eigenvalue weighted by Gasteiger charge is -2.16. The molecular formula is C25H24N4O2S. The van der Waals surface area contributed by atoms with E-state index in [4.69, 9.17) is 4.42 Å². The predicted molar refractivity (Wildman–Crippen MR) is 125 cm³/mol. The standard InChI is InChI=1S/C25H24N4O2S/c1-18-22(13-15-31-18)23-26-27-25(29(23)21-10-6-3-7-11-21)32-17-19-12-14-28(16-19)24(30)20-8-4-2-5-9-20/h2-11,13,15,19H,12,14,16-17H2,1H3/t19-/m1/s1. The Morgan fingerprint density at radius 1 is 1.06 bits per heavy atom. The molecular weight excluding hydrogens is 420 g/mol. The summed E-state index contributed by atoms with van der Waals surface area (Å²) in [6.45, 7) is 3.50. The van der Waals surface area contributed by atoms with Crippen LogP contribution in [-0.2, 0) is 0 Å². The molecule has 4 aromatic rings. The second-order valence-electron chi connectivity index (χ2n) is 7.95. The van der Waals surface area contributed by atoms with Crippen LogP contribution in [0.15, 0.2) is 82.6 Å². The Morgan fingerprint density at radius 3 is 2.53 bits per heavy atom. The number of hydrogen-bond acceptors (Lipinski definition) is 5. The van der Waals surface area contributed by atoms with E-state index in [0.29, 0.717) is 5.92 Å². The van der Waals surface area contributed by atoms with E-state index >= 15 is 0 Å². The van der Waals surface area contributed by atoms with Crippen LogP contribution < -0.4 is 0 Å². The number of nitrogens with zero attached hydrogens (tertiary/aromatic N) is 4. The summed E-state index contributed by atoms with van der Waals surface area (Å²) in [6, 6.07) is 21.6. The molecule has 2 aromatic heterocycles. The van der Waals surface area contributed by atoms with Gasteiger partial charge in [-0.15, -0.1) is 10.2 Å². The first-order valence-electron chi connectivity index (χ1n) is 10.7. The molecule has 32 heavy (non-hydrogen) atoms. The number of carbonyl (C=O) groups excluding carboxylic acids is 1. The summed E-state index contributed by atoms with van der Waals surface area (Å²) in [5.74, 6) is 3.01. The molecule has 0 bridgehead atoms. The minimum atomic E-state index is 0.114. The molecule has 162 valence electrons. The number of hydrogen-bond donors (Lipinski definition) is 0. The van der Waals surface area contributed by atoms with Crippen molar-refractivity contribution in [3.63, 3.8) is 0 Å². The number of aryl methyl sites for hydroxylation is 1. The van der Waals surface area contributed by atoms with Crippen molar-refractivity contribution in [2.24, 2.45) is 5.92 Å². The molecule has 0 aliphatic carbocycles. The Labute approximate surface area is 191 Å². The summed E-state index contributed by atoms with van der Waals surface area (Å²) in [6.07, 6.45) is 2.68. The zero-order valence-electron chi connectivity index (χ0n) is 17.8. The summed E-state index contributed by atoms with van der Waals surface area (Å²) in [7, 11) is 0. The number of rotatable bonds is 6.